The zero-order valence-electron chi connectivity index (χ0n) is 15.8. The van der Waals surface area contributed by atoms with Crippen molar-refractivity contribution in [3.8, 4) is 0 Å². The van der Waals surface area contributed by atoms with Gasteiger partial charge in [0, 0.05) is 0 Å². The fraction of sp³-hybridized carbons (Fsp3) is 0.400. The number of hydrogen-bond acceptors (Lipinski definition) is 10. The van der Waals surface area contributed by atoms with Crippen LogP contribution in [0.2, 0.25) is 0 Å². The van der Waals surface area contributed by atoms with Crippen molar-refractivity contribution in [1.82, 2.24) is 9.97 Å². The molecule has 0 fully saturated rings. The summed E-state index contributed by atoms with van der Waals surface area (Å²) in [5.41, 5.74) is 0. The van der Waals surface area contributed by atoms with Crippen molar-refractivity contribution in [1.29, 1.82) is 0 Å². The second kappa shape index (κ2) is 11.0. The van der Waals surface area contributed by atoms with Gasteiger partial charge < -0.3 is 67.6 Å². The molecule has 2 heterocycles. The first-order chi connectivity index (χ1) is 14.2. The van der Waals surface area contributed by atoms with Crippen molar-refractivity contribution in [2.75, 3.05) is 0 Å². The maximum Gasteiger partial charge on any atom is 2.00 e. The van der Waals surface area contributed by atoms with Crippen LogP contribution in [0.25, 0.3) is 0 Å². The van der Waals surface area contributed by atoms with Crippen LogP contribution < -0.4 is 28.7 Å². The Labute approximate surface area is 195 Å². The third-order valence-electron chi connectivity index (χ3n) is 3.80. The first kappa shape index (κ1) is 32.5. The molecule has 0 saturated carbocycles. The Hall–Kier alpha value is -0.541. The van der Waals surface area contributed by atoms with E-state index in [9.17, 15) is 48.0 Å². The van der Waals surface area contributed by atoms with Gasteiger partial charge in [0.2, 0.25) is 22.8 Å². The molecule has 0 aromatic carbocycles. The number of rotatable bonds is 8. The van der Waals surface area contributed by atoms with Crippen molar-refractivity contribution in [3.63, 3.8) is 0 Å². The number of aromatic amines is 2. The van der Waals surface area contributed by atoms with Crippen LogP contribution in [0.15, 0.2) is 37.4 Å². The molecule has 0 aliphatic carbocycles. The molecule has 0 saturated heterocycles. The maximum absolute atomic E-state index is 10.8. The van der Waals surface area contributed by atoms with Crippen LogP contribution in [0.1, 0.15) is 0 Å². The van der Waals surface area contributed by atoms with E-state index in [1.54, 1.807) is 0 Å². The van der Waals surface area contributed by atoms with Gasteiger partial charge in [0.15, 0.2) is 30.4 Å². The molecular formula is C10H18CuN4O14P4. The van der Waals surface area contributed by atoms with Gasteiger partial charge >= 0.3 is 17.1 Å². The molecule has 0 aliphatic rings. The summed E-state index contributed by atoms with van der Waals surface area (Å²) >= 11 is 0. The molecular weight excluding hydrogens is 588 g/mol. The van der Waals surface area contributed by atoms with Crippen molar-refractivity contribution >= 4 is 30.4 Å². The van der Waals surface area contributed by atoms with Crippen LogP contribution in [0, 0.1) is 0 Å². The van der Waals surface area contributed by atoms with Gasteiger partial charge in [-0.1, -0.05) is 0 Å². The molecule has 0 amide bonds. The molecule has 2 rings (SSSR count). The zero-order chi connectivity index (χ0) is 25.2. The third-order valence-corrected chi connectivity index (χ3v) is 11.0. The molecule has 193 valence electrons. The van der Waals surface area contributed by atoms with Gasteiger partial charge in [0.25, 0.3) is 0 Å². The van der Waals surface area contributed by atoms with Gasteiger partial charge in [0.05, 0.1) is 0 Å². The molecule has 18 nitrogen and oxygen atoms in total. The van der Waals surface area contributed by atoms with E-state index in [1.165, 1.54) is 24.8 Å². The smallest absolute Gasteiger partial charge is 0.776 e. The topological polar surface area (TPSA) is 321 Å². The summed E-state index contributed by atoms with van der Waals surface area (Å²) in [6.45, 7) is -2.10. The molecule has 23 heteroatoms. The molecule has 33 heavy (non-hydrogen) atoms. The first-order valence-electron chi connectivity index (χ1n) is 7.80. The van der Waals surface area contributed by atoms with Gasteiger partial charge in [-0.2, -0.15) is 0 Å². The Bertz CT molecular complexity index is 939. The maximum atomic E-state index is 10.8. The van der Waals surface area contributed by atoms with Crippen LogP contribution >= 0.6 is 30.4 Å². The molecule has 2 aromatic heterocycles. The van der Waals surface area contributed by atoms with E-state index in [0.717, 1.165) is 21.8 Å². The van der Waals surface area contributed by atoms with Gasteiger partial charge in [-0.3, -0.25) is 9.97 Å². The number of imidazole rings is 2. The predicted molar refractivity (Wildman–Crippen MR) is 91.2 cm³/mol. The number of nitrogens with one attached hydrogen (secondary N) is 2. The summed E-state index contributed by atoms with van der Waals surface area (Å²) in [5, 5.41) is 11.4. The van der Waals surface area contributed by atoms with E-state index < -0.39 is 53.6 Å². The predicted octanol–water partition coefficient (Wildman–Crippen LogP) is -5.92. The second-order valence-corrected chi connectivity index (χ2v) is 14.0. The number of aromatic nitrogens is 4. The second-order valence-electron chi connectivity index (χ2n) is 6.20. The van der Waals surface area contributed by atoms with Crippen LogP contribution in [0.3, 0.4) is 0 Å². The monoisotopic (exact) mass is 605 g/mol. The Morgan fingerprint density at radius 1 is 0.667 bits per heavy atom. The van der Waals surface area contributed by atoms with Crippen molar-refractivity contribution < 1.29 is 93.8 Å². The quantitative estimate of drug-likeness (QED) is 0.0789. The minimum atomic E-state index is -5.71. The summed E-state index contributed by atoms with van der Waals surface area (Å²) in [6.07, 6.45) is 7.32. The van der Waals surface area contributed by atoms with Crippen LogP contribution in [-0.4, -0.2) is 49.9 Å². The minimum absolute atomic E-state index is 0. The summed E-state index contributed by atoms with van der Waals surface area (Å²) in [6, 6.07) is 0. The number of nitrogens with zero attached hydrogens (tertiary/aromatic N) is 2. The van der Waals surface area contributed by atoms with E-state index >= 15 is 0 Å². The Kier molecular flexibility index (Phi) is 10.8. The van der Waals surface area contributed by atoms with E-state index in [2.05, 4.69) is 9.97 Å². The van der Waals surface area contributed by atoms with Gasteiger partial charge in [-0.25, -0.2) is 9.13 Å². The van der Waals surface area contributed by atoms with Gasteiger partial charge in [-0.05, 0) is 0 Å². The Morgan fingerprint density at radius 3 is 1.06 bits per heavy atom. The largest absolute Gasteiger partial charge is 2.00 e. The van der Waals surface area contributed by atoms with E-state index in [0.29, 0.717) is 0 Å². The summed E-state index contributed by atoms with van der Waals surface area (Å²) in [5.74, 6) is 0. The van der Waals surface area contributed by atoms with Gasteiger partial charge in [-0.15, -0.1) is 0 Å². The standard InChI is InChI=1S/2C5H10N2O7P2.Cu/c2*8-5(15(9,10)11,16(12,13)14)3-7-2-1-6-4-7;/h2*1-2,4,8H,3H2,(H4,9,10,11,12,13,14);/q;;+2/p-2. The minimum Gasteiger partial charge on any atom is -0.776 e. The molecule has 2 aromatic rings. The molecule has 0 aliphatic heterocycles. The van der Waals surface area contributed by atoms with Crippen molar-refractivity contribution in [2.45, 2.75) is 23.3 Å². The van der Waals surface area contributed by atoms with Crippen molar-refractivity contribution in [3.05, 3.63) is 37.4 Å². The fourth-order valence-electron chi connectivity index (χ4n) is 2.00. The SMILES string of the molecule is O=P([O-])(O)C(O)(C[n+]1cc[nH]c1)P(=O)([O-])O.O=P([O-])(O)C(O)(C[n+]1cc[nH]c1)P(=O)([O-])O.[Cu+2]. The van der Waals surface area contributed by atoms with E-state index in [4.69, 9.17) is 19.6 Å². The number of aliphatic hydroxyl groups is 2. The summed E-state index contributed by atoms with van der Waals surface area (Å²) in [7, 11) is -22.8. The van der Waals surface area contributed by atoms with Gasteiger partial charge in [0.1, 0.15) is 37.9 Å². The summed E-state index contributed by atoms with van der Waals surface area (Å²) < 4.78 is 45.1. The van der Waals surface area contributed by atoms with Crippen LogP contribution in [-0.2, 0) is 48.4 Å². The summed E-state index contributed by atoms with van der Waals surface area (Å²) in [4.78, 5) is 82.8. The Morgan fingerprint density at radius 2 is 0.909 bits per heavy atom. The number of hydrogen-bond donors (Lipinski definition) is 8. The van der Waals surface area contributed by atoms with Crippen LogP contribution in [0.5, 0.6) is 0 Å². The zero-order valence-corrected chi connectivity index (χ0v) is 20.3. The van der Waals surface area contributed by atoms with Crippen molar-refractivity contribution in [2.24, 2.45) is 0 Å². The average Bonchev–Trinajstić information content (AvgIpc) is 3.25. The van der Waals surface area contributed by atoms with E-state index in [-0.39, 0.29) is 17.1 Å². The molecule has 0 spiro atoms. The fourth-order valence-corrected chi connectivity index (χ4v) is 5.93. The number of H-pyrrole nitrogens is 2. The molecule has 1 radical (unpaired) electrons. The normalized spacial score (nSPS) is 22.4. The third kappa shape index (κ3) is 7.72. The molecule has 8 N–H and O–H groups in total. The average molecular weight is 606 g/mol. The molecule has 4 unspecified atom stereocenters. The van der Waals surface area contributed by atoms with E-state index in [1.807, 2.05) is 0 Å². The van der Waals surface area contributed by atoms with Crippen LogP contribution in [0.4, 0.5) is 0 Å². The Balaban J connectivity index is 0.000000602. The molecule has 0 bridgehead atoms. The molecule has 4 atom stereocenters. The first-order valence-corrected chi connectivity index (χ1v) is 14.1.